The van der Waals surface area contributed by atoms with E-state index in [1.54, 1.807) is 6.07 Å². The van der Waals surface area contributed by atoms with E-state index in [0.29, 0.717) is 5.92 Å². The van der Waals surface area contributed by atoms with Gasteiger partial charge in [-0.1, -0.05) is 17.7 Å². The lowest BCUT2D eigenvalue weighted by molar-refractivity contribution is 0.0541. The van der Waals surface area contributed by atoms with Crippen molar-refractivity contribution in [2.45, 2.75) is 25.8 Å². The van der Waals surface area contributed by atoms with Crippen LogP contribution in [0.25, 0.3) is 0 Å². The van der Waals surface area contributed by atoms with Gasteiger partial charge in [-0.05, 0) is 38.8 Å². The number of aryl methyl sites for hydroxylation is 1. The summed E-state index contributed by atoms with van der Waals surface area (Å²) in [6.45, 7) is 3.58. The third kappa shape index (κ3) is 2.85. The first kappa shape index (κ1) is 12.5. The van der Waals surface area contributed by atoms with Crippen molar-refractivity contribution in [2.75, 3.05) is 20.3 Å². The van der Waals surface area contributed by atoms with Crippen molar-refractivity contribution in [3.8, 4) is 0 Å². The zero-order valence-corrected chi connectivity index (χ0v) is 10.5. The van der Waals surface area contributed by atoms with Crippen LogP contribution in [0.3, 0.4) is 0 Å². The predicted molar refractivity (Wildman–Crippen MR) is 66.5 cm³/mol. The number of rotatable bonds is 3. The maximum absolute atomic E-state index is 13.9. The van der Waals surface area contributed by atoms with Gasteiger partial charge in [0.15, 0.2) is 0 Å². The molecule has 1 atom stereocenters. The number of benzene rings is 1. The van der Waals surface area contributed by atoms with Gasteiger partial charge in [0.25, 0.3) is 0 Å². The molecule has 2 nitrogen and oxygen atoms in total. The standard InChI is InChI=1S/C14H20FNO/c1-10-3-4-13(15)12(9-10)14(16-2)11-5-7-17-8-6-11/h3-4,9,11,14,16H,5-8H2,1-2H3. The number of halogens is 1. The summed E-state index contributed by atoms with van der Waals surface area (Å²) < 4.78 is 19.3. The summed E-state index contributed by atoms with van der Waals surface area (Å²) in [6, 6.07) is 5.43. The molecule has 0 spiro atoms. The SMILES string of the molecule is CNC(c1cc(C)ccc1F)C1CCOCC1. The summed E-state index contributed by atoms with van der Waals surface area (Å²) >= 11 is 0. The van der Waals surface area contributed by atoms with E-state index >= 15 is 0 Å². The Kier molecular flexibility index (Phi) is 4.13. The molecule has 94 valence electrons. The van der Waals surface area contributed by atoms with E-state index in [-0.39, 0.29) is 11.9 Å². The molecule has 0 aromatic heterocycles. The lowest BCUT2D eigenvalue weighted by Crippen LogP contribution is -2.30. The lowest BCUT2D eigenvalue weighted by Gasteiger charge is -2.30. The Labute approximate surface area is 102 Å². The topological polar surface area (TPSA) is 21.3 Å². The first-order valence-electron chi connectivity index (χ1n) is 6.23. The number of hydrogen-bond acceptors (Lipinski definition) is 2. The highest BCUT2D eigenvalue weighted by Crippen LogP contribution is 2.31. The summed E-state index contributed by atoms with van der Waals surface area (Å²) in [6.07, 6.45) is 2.00. The van der Waals surface area contributed by atoms with Gasteiger partial charge in [0.05, 0.1) is 0 Å². The molecule has 0 aliphatic carbocycles. The van der Waals surface area contributed by atoms with Crippen molar-refractivity contribution in [2.24, 2.45) is 5.92 Å². The zero-order valence-electron chi connectivity index (χ0n) is 10.5. The third-order valence-corrected chi connectivity index (χ3v) is 3.53. The summed E-state index contributed by atoms with van der Waals surface area (Å²) in [5.74, 6) is 0.353. The highest BCUT2D eigenvalue weighted by molar-refractivity contribution is 5.27. The van der Waals surface area contributed by atoms with Gasteiger partial charge < -0.3 is 10.1 Å². The largest absolute Gasteiger partial charge is 0.381 e. The van der Waals surface area contributed by atoms with E-state index in [4.69, 9.17) is 4.74 Å². The van der Waals surface area contributed by atoms with Crippen LogP contribution in [0, 0.1) is 18.7 Å². The minimum Gasteiger partial charge on any atom is -0.381 e. The van der Waals surface area contributed by atoms with Gasteiger partial charge in [0.1, 0.15) is 5.82 Å². The van der Waals surface area contributed by atoms with Gasteiger partial charge >= 0.3 is 0 Å². The average molecular weight is 237 g/mol. The van der Waals surface area contributed by atoms with Crippen molar-refractivity contribution in [3.63, 3.8) is 0 Å². The molecule has 0 saturated carbocycles. The van der Waals surface area contributed by atoms with Crippen LogP contribution in [-0.4, -0.2) is 20.3 Å². The van der Waals surface area contributed by atoms with Gasteiger partial charge in [-0.15, -0.1) is 0 Å². The Bertz CT molecular complexity index is 374. The minimum atomic E-state index is -0.110. The molecule has 1 aromatic rings. The molecule has 3 heteroatoms. The van der Waals surface area contributed by atoms with Crippen LogP contribution in [0.5, 0.6) is 0 Å². The lowest BCUT2D eigenvalue weighted by atomic mass is 9.86. The third-order valence-electron chi connectivity index (χ3n) is 3.53. The van der Waals surface area contributed by atoms with E-state index in [1.165, 1.54) is 0 Å². The molecule has 1 aliphatic heterocycles. The average Bonchev–Trinajstić information content (AvgIpc) is 2.36. The maximum Gasteiger partial charge on any atom is 0.128 e. The van der Waals surface area contributed by atoms with Crippen molar-refractivity contribution < 1.29 is 9.13 Å². The summed E-state index contributed by atoms with van der Waals surface area (Å²) in [4.78, 5) is 0. The number of hydrogen-bond donors (Lipinski definition) is 1. The van der Waals surface area contributed by atoms with Crippen LogP contribution in [0.2, 0.25) is 0 Å². The van der Waals surface area contributed by atoms with Gasteiger partial charge in [0, 0.05) is 24.8 Å². The van der Waals surface area contributed by atoms with Crippen LogP contribution in [0.4, 0.5) is 4.39 Å². The molecule has 1 unspecified atom stereocenters. The summed E-state index contributed by atoms with van der Waals surface area (Å²) in [7, 11) is 1.90. The van der Waals surface area contributed by atoms with Crippen LogP contribution in [0.1, 0.15) is 30.0 Å². The van der Waals surface area contributed by atoms with Gasteiger partial charge in [-0.3, -0.25) is 0 Å². The highest BCUT2D eigenvalue weighted by Gasteiger charge is 2.26. The van der Waals surface area contributed by atoms with Crippen molar-refractivity contribution >= 4 is 0 Å². The normalized spacial score (nSPS) is 19.2. The fraction of sp³-hybridized carbons (Fsp3) is 0.571. The Balaban J connectivity index is 2.24. The van der Waals surface area contributed by atoms with E-state index in [9.17, 15) is 4.39 Å². The van der Waals surface area contributed by atoms with Crippen LogP contribution < -0.4 is 5.32 Å². The summed E-state index contributed by atoms with van der Waals surface area (Å²) in [5, 5.41) is 3.26. The monoisotopic (exact) mass is 237 g/mol. The van der Waals surface area contributed by atoms with Crippen molar-refractivity contribution in [1.29, 1.82) is 0 Å². The molecule has 0 bridgehead atoms. The van der Waals surface area contributed by atoms with Gasteiger partial charge in [-0.25, -0.2) is 4.39 Å². The second kappa shape index (κ2) is 5.61. The van der Waals surface area contributed by atoms with Gasteiger partial charge in [0.2, 0.25) is 0 Å². The van der Waals surface area contributed by atoms with E-state index in [2.05, 4.69) is 5.32 Å². The van der Waals surface area contributed by atoms with E-state index in [0.717, 1.165) is 37.2 Å². The van der Waals surface area contributed by atoms with Crippen LogP contribution >= 0.6 is 0 Å². The van der Waals surface area contributed by atoms with E-state index in [1.807, 2.05) is 26.1 Å². The Morgan fingerprint density at radius 1 is 1.35 bits per heavy atom. The second-order valence-electron chi connectivity index (χ2n) is 4.74. The molecule has 1 fully saturated rings. The fourth-order valence-electron chi connectivity index (χ4n) is 2.60. The van der Waals surface area contributed by atoms with Crippen LogP contribution in [0.15, 0.2) is 18.2 Å². The first-order chi connectivity index (χ1) is 8.22. The van der Waals surface area contributed by atoms with Crippen LogP contribution in [-0.2, 0) is 4.74 Å². The molecular formula is C14H20FNO. The molecule has 0 amide bonds. The number of ether oxygens (including phenoxy) is 1. The smallest absolute Gasteiger partial charge is 0.128 e. The molecule has 1 N–H and O–H groups in total. The molecule has 1 saturated heterocycles. The first-order valence-corrected chi connectivity index (χ1v) is 6.23. The Morgan fingerprint density at radius 3 is 2.71 bits per heavy atom. The minimum absolute atomic E-state index is 0.0961. The zero-order chi connectivity index (χ0) is 12.3. The van der Waals surface area contributed by atoms with Gasteiger partial charge in [-0.2, -0.15) is 0 Å². The predicted octanol–water partition coefficient (Wildman–Crippen LogP) is 2.82. The molecule has 1 aromatic carbocycles. The Hall–Kier alpha value is -0.930. The summed E-state index contributed by atoms with van der Waals surface area (Å²) in [5.41, 5.74) is 1.90. The molecular weight excluding hydrogens is 217 g/mol. The molecule has 2 rings (SSSR count). The highest BCUT2D eigenvalue weighted by atomic mass is 19.1. The molecule has 0 radical (unpaired) electrons. The Morgan fingerprint density at radius 2 is 2.06 bits per heavy atom. The van der Waals surface area contributed by atoms with E-state index < -0.39 is 0 Å². The number of nitrogens with one attached hydrogen (secondary N) is 1. The quantitative estimate of drug-likeness (QED) is 0.872. The second-order valence-corrected chi connectivity index (χ2v) is 4.74. The van der Waals surface area contributed by atoms with Crippen molar-refractivity contribution in [1.82, 2.24) is 5.32 Å². The molecule has 1 aliphatic rings. The van der Waals surface area contributed by atoms with Crippen molar-refractivity contribution in [3.05, 3.63) is 35.1 Å². The fourth-order valence-corrected chi connectivity index (χ4v) is 2.60. The molecule has 17 heavy (non-hydrogen) atoms. The molecule has 1 heterocycles. The maximum atomic E-state index is 13.9.